The third-order valence-corrected chi connectivity index (χ3v) is 3.74. The maximum Gasteiger partial charge on any atom is 0.231 e. The Kier molecular flexibility index (Phi) is 5.38. The molecule has 0 spiro atoms. The maximum atomic E-state index is 5.83. The van der Waals surface area contributed by atoms with Crippen LogP contribution in [0.3, 0.4) is 0 Å². The Morgan fingerprint density at radius 1 is 1.15 bits per heavy atom. The van der Waals surface area contributed by atoms with Crippen LogP contribution in [-0.2, 0) is 0 Å². The van der Waals surface area contributed by atoms with Gasteiger partial charge in [0.05, 0.1) is 0 Å². The standard InChI is InChI=1S/C14H26N6/c1-3-8-11(4-2)16-13-17-12(15)18-14(19-13)20-9-6-5-7-10-20/h11H,3-10H2,1-2H3,(H3,15,16,17,18,19). The molecular formula is C14H26N6. The molecule has 20 heavy (non-hydrogen) atoms. The van der Waals surface area contributed by atoms with E-state index in [9.17, 15) is 0 Å². The van der Waals surface area contributed by atoms with Crippen LogP contribution in [0, 0.1) is 0 Å². The summed E-state index contributed by atoms with van der Waals surface area (Å²) in [6, 6.07) is 0.399. The van der Waals surface area contributed by atoms with E-state index in [-0.39, 0.29) is 0 Å². The van der Waals surface area contributed by atoms with Crippen molar-refractivity contribution >= 4 is 17.8 Å². The van der Waals surface area contributed by atoms with Gasteiger partial charge in [-0.25, -0.2) is 0 Å². The molecule has 2 rings (SSSR count). The van der Waals surface area contributed by atoms with E-state index in [1.807, 2.05) is 0 Å². The summed E-state index contributed by atoms with van der Waals surface area (Å²) in [5.41, 5.74) is 5.83. The van der Waals surface area contributed by atoms with Crippen LogP contribution in [-0.4, -0.2) is 34.1 Å². The lowest BCUT2D eigenvalue weighted by Crippen LogP contribution is -2.32. The highest BCUT2D eigenvalue weighted by molar-refractivity contribution is 5.42. The first-order valence-electron chi connectivity index (χ1n) is 7.76. The van der Waals surface area contributed by atoms with Gasteiger partial charge in [-0.3, -0.25) is 0 Å². The molecule has 1 aliphatic heterocycles. The molecule has 1 aromatic heterocycles. The van der Waals surface area contributed by atoms with Gasteiger partial charge in [0.25, 0.3) is 0 Å². The van der Waals surface area contributed by atoms with Gasteiger partial charge in [0.1, 0.15) is 0 Å². The second kappa shape index (κ2) is 7.26. The first-order valence-corrected chi connectivity index (χ1v) is 7.76. The molecule has 0 amide bonds. The molecule has 1 fully saturated rings. The third kappa shape index (κ3) is 3.95. The lowest BCUT2D eigenvalue weighted by molar-refractivity contribution is 0.567. The van der Waals surface area contributed by atoms with E-state index in [2.05, 4.69) is 39.0 Å². The highest BCUT2D eigenvalue weighted by atomic mass is 15.3. The van der Waals surface area contributed by atoms with Crippen LogP contribution in [0.25, 0.3) is 0 Å². The zero-order valence-corrected chi connectivity index (χ0v) is 12.6. The molecule has 0 aliphatic carbocycles. The molecular weight excluding hydrogens is 252 g/mol. The Balaban J connectivity index is 2.10. The molecule has 112 valence electrons. The van der Waals surface area contributed by atoms with Crippen molar-refractivity contribution < 1.29 is 0 Å². The summed E-state index contributed by atoms with van der Waals surface area (Å²) in [6.07, 6.45) is 6.99. The molecule has 3 N–H and O–H groups in total. The van der Waals surface area contributed by atoms with E-state index in [1.165, 1.54) is 19.3 Å². The Bertz CT molecular complexity index is 416. The normalized spacial score (nSPS) is 17.0. The first kappa shape index (κ1) is 14.8. The topological polar surface area (TPSA) is 80.0 Å². The van der Waals surface area contributed by atoms with Crippen LogP contribution in [0.15, 0.2) is 0 Å². The van der Waals surface area contributed by atoms with Crippen molar-refractivity contribution in [3.63, 3.8) is 0 Å². The van der Waals surface area contributed by atoms with Crippen LogP contribution in [0.2, 0.25) is 0 Å². The lowest BCUT2D eigenvalue weighted by atomic mass is 10.1. The van der Waals surface area contributed by atoms with E-state index in [1.54, 1.807) is 0 Å². The highest BCUT2D eigenvalue weighted by Crippen LogP contribution is 2.18. The number of nitrogen functional groups attached to an aromatic ring is 1. The average molecular weight is 278 g/mol. The number of anilines is 3. The van der Waals surface area contributed by atoms with E-state index >= 15 is 0 Å². The van der Waals surface area contributed by atoms with E-state index in [0.717, 1.165) is 32.4 Å². The Morgan fingerprint density at radius 3 is 2.55 bits per heavy atom. The van der Waals surface area contributed by atoms with Crippen LogP contribution >= 0.6 is 0 Å². The van der Waals surface area contributed by atoms with Gasteiger partial charge in [0, 0.05) is 19.1 Å². The monoisotopic (exact) mass is 278 g/mol. The summed E-state index contributed by atoms with van der Waals surface area (Å²) >= 11 is 0. The number of hydrogen-bond donors (Lipinski definition) is 2. The van der Waals surface area contributed by atoms with E-state index in [0.29, 0.717) is 23.9 Å². The average Bonchev–Trinajstić information content (AvgIpc) is 2.47. The van der Waals surface area contributed by atoms with E-state index < -0.39 is 0 Å². The molecule has 0 aromatic carbocycles. The fourth-order valence-electron chi connectivity index (χ4n) is 2.59. The smallest absolute Gasteiger partial charge is 0.231 e. The Labute approximate surface area is 121 Å². The summed E-state index contributed by atoms with van der Waals surface area (Å²) in [6.45, 7) is 6.37. The minimum absolute atomic E-state index is 0.300. The molecule has 1 aromatic rings. The Hall–Kier alpha value is -1.59. The van der Waals surface area contributed by atoms with Crippen molar-refractivity contribution in [1.29, 1.82) is 0 Å². The second-order valence-corrected chi connectivity index (χ2v) is 5.40. The zero-order valence-electron chi connectivity index (χ0n) is 12.6. The SMILES string of the molecule is CCCC(CC)Nc1nc(N)nc(N2CCCCC2)n1. The molecule has 1 unspecified atom stereocenters. The van der Waals surface area contributed by atoms with Gasteiger partial charge in [0.2, 0.25) is 17.8 Å². The van der Waals surface area contributed by atoms with Crippen molar-refractivity contribution in [2.75, 3.05) is 29.0 Å². The summed E-state index contributed by atoms with van der Waals surface area (Å²) in [7, 11) is 0. The third-order valence-electron chi connectivity index (χ3n) is 3.74. The minimum Gasteiger partial charge on any atom is -0.368 e. The van der Waals surface area contributed by atoms with Crippen LogP contribution < -0.4 is 16.0 Å². The maximum absolute atomic E-state index is 5.83. The first-order chi connectivity index (χ1) is 9.72. The minimum atomic E-state index is 0.300. The van der Waals surface area contributed by atoms with Crippen LogP contribution in [0.4, 0.5) is 17.8 Å². The summed E-state index contributed by atoms with van der Waals surface area (Å²) in [4.78, 5) is 15.2. The fraction of sp³-hybridized carbons (Fsp3) is 0.786. The Morgan fingerprint density at radius 2 is 1.90 bits per heavy atom. The number of nitrogens with two attached hydrogens (primary N) is 1. The zero-order chi connectivity index (χ0) is 14.4. The largest absolute Gasteiger partial charge is 0.368 e. The summed E-state index contributed by atoms with van der Waals surface area (Å²) in [5.74, 6) is 1.62. The molecule has 6 nitrogen and oxygen atoms in total. The number of nitrogens with zero attached hydrogens (tertiary/aromatic N) is 4. The van der Waals surface area contributed by atoms with Gasteiger partial charge < -0.3 is 16.0 Å². The van der Waals surface area contributed by atoms with Gasteiger partial charge >= 0.3 is 0 Å². The van der Waals surface area contributed by atoms with Crippen molar-refractivity contribution in [3.8, 4) is 0 Å². The van der Waals surface area contributed by atoms with Gasteiger partial charge in [0.15, 0.2) is 0 Å². The molecule has 6 heteroatoms. The number of nitrogens with one attached hydrogen (secondary N) is 1. The molecule has 1 aliphatic rings. The number of piperidine rings is 1. The van der Waals surface area contributed by atoms with Crippen molar-refractivity contribution in [2.24, 2.45) is 0 Å². The fourth-order valence-corrected chi connectivity index (χ4v) is 2.59. The lowest BCUT2D eigenvalue weighted by Gasteiger charge is -2.27. The second-order valence-electron chi connectivity index (χ2n) is 5.40. The number of hydrogen-bond acceptors (Lipinski definition) is 6. The molecule has 0 radical (unpaired) electrons. The van der Waals surface area contributed by atoms with Crippen LogP contribution in [0.5, 0.6) is 0 Å². The van der Waals surface area contributed by atoms with Gasteiger partial charge in [-0.2, -0.15) is 15.0 Å². The predicted octanol–water partition coefficient (Wildman–Crippen LogP) is 2.43. The quantitative estimate of drug-likeness (QED) is 0.832. The molecule has 0 bridgehead atoms. The molecule has 1 atom stereocenters. The van der Waals surface area contributed by atoms with Crippen molar-refractivity contribution in [3.05, 3.63) is 0 Å². The van der Waals surface area contributed by atoms with Gasteiger partial charge in [-0.1, -0.05) is 20.3 Å². The molecule has 2 heterocycles. The predicted molar refractivity (Wildman–Crippen MR) is 82.9 cm³/mol. The molecule has 1 saturated heterocycles. The van der Waals surface area contributed by atoms with Crippen molar-refractivity contribution in [2.45, 2.75) is 58.4 Å². The van der Waals surface area contributed by atoms with Gasteiger partial charge in [-0.15, -0.1) is 0 Å². The van der Waals surface area contributed by atoms with Gasteiger partial charge in [-0.05, 0) is 32.1 Å². The summed E-state index contributed by atoms with van der Waals surface area (Å²) < 4.78 is 0. The number of aromatic nitrogens is 3. The van der Waals surface area contributed by atoms with Crippen molar-refractivity contribution in [1.82, 2.24) is 15.0 Å². The highest BCUT2D eigenvalue weighted by Gasteiger charge is 2.16. The van der Waals surface area contributed by atoms with E-state index in [4.69, 9.17) is 5.73 Å². The van der Waals surface area contributed by atoms with Crippen LogP contribution in [0.1, 0.15) is 52.4 Å². The molecule has 0 saturated carbocycles. The number of rotatable bonds is 6. The summed E-state index contributed by atoms with van der Waals surface area (Å²) in [5, 5.41) is 3.38.